The van der Waals surface area contributed by atoms with Crippen molar-refractivity contribution in [2.75, 3.05) is 0 Å². The lowest BCUT2D eigenvalue weighted by Gasteiger charge is -2.25. The van der Waals surface area contributed by atoms with Crippen molar-refractivity contribution in [3.05, 3.63) is 0 Å². The molecule has 1 saturated heterocycles. The van der Waals surface area contributed by atoms with E-state index in [0.29, 0.717) is 0 Å². The van der Waals surface area contributed by atoms with E-state index in [9.17, 15) is 14.4 Å². The Bertz CT molecular complexity index is 262. The SMILES string of the molecule is O=C1CC[C@H](C(=O)O)[C@@H](C(=O)O)N1. The number of piperidine rings is 1. The molecule has 0 spiro atoms. The van der Waals surface area contributed by atoms with Gasteiger partial charge in [-0.1, -0.05) is 0 Å². The lowest BCUT2D eigenvalue weighted by Crippen LogP contribution is -2.52. The molecule has 0 radical (unpaired) electrons. The first-order valence-corrected chi connectivity index (χ1v) is 3.77. The Morgan fingerprint density at radius 1 is 1.31 bits per heavy atom. The molecular weight excluding hydrogens is 178 g/mol. The van der Waals surface area contributed by atoms with Crippen molar-refractivity contribution < 1.29 is 24.6 Å². The van der Waals surface area contributed by atoms with Crippen LogP contribution in [0.15, 0.2) is 0 Å². The summed E-state index contributed by atoms with van der Waals surface area (Å²) in [5.74, 6) is -3.92. The molecule has 1 amide bonds. The molecule has 0 bridgehead atoms. The van der Waals surface area contributed by atoms with E-state index in [2.05, 4.69) is 5.32 Å². The van der Waals surface area contributed by atoms with Crippen LogP contribution in [0.4, 0.5) is 0 Å². The third-order valence-corrected chi connectivity index (χ3v) is 1.98. The Morgan fingerprint density at radius 2 is 1.92 bits per heavy atom. The van der Waals surface area contributed by atoms with Gasteiger partial charge in [0.05, 0.1) is 5.92 Å². The van der Waals surface area contributed by atoms with Crippen LogP contribution < -0.4 is 5.32 Å². The lowest BCUT2D eigenvalue weighted by molar-refractivity contribution is -0.154. The maximum Gasteiger partial charge on any atom is 0.327 e. The first kappa shape index (κ1) is 9.50. The van der Waals surface area contributed by atoms with Gasteiger partial charge >= 0.3 is 11.9 Å². The largest absolute Gasteiger partial charge is 0.481 e. The number of carbonyl (C=O) groups is 3. The smallest absolute Gasteiger partial charge is 0.327 e. The maximum absolute atomic E-state index is 10.8. The van der Waals surface area contributed by atoms with Crippen molar-refractivity contribution in [1.82, 2.24) is 5.32 Å². The van der Waals surface area contributed by atoms with E-state index in [0.717, 1.165) is 0 Å². The first-order valence-electron chi connectivity index (χ1n) is 3.77. The maximum atomic E-state index is 10.8. The minimum Gasteiger partial charge on any atom is -0.481 e. The van der Waals surface area contributed by atoms with E-state index < -0.39 is 29.8 Å². The lowest BCUT2D eigenvalue weighted by atomic mass is 9.91. The fourth-order valence-electron chi connectivity index (χ4n) is 1.30. The summed E-state index contributed by atoms with van der Waals surface area (Å²) >= 11 is 0. The number of carbonyl (C=O) groups excluding carboxylic acids is 1. The van der Waals surface area contributed by atoms with Crippen LogP contribution in [-0.2, 0) is 14.4 Å². The fraction of sp³-hybridized carbons (Fsp3) is 0.571. The molecule has 0 aromatic rings. The number of amides is 1. The van der Waals surface area contributed by atoms with E-state index in [1.54, 1.807) is 0 Å². The Morgan fingerprint density at radius 3 is 2.38 bits per heavy atom. The van der Waals surface area contributed by atoms with Gasteiger partial charge in [-0.25, -0.2) is 4.79 Å². The number of hydrogen-bond donors (Lipinski definition) is 3. The van der Waals surface area contributed by atoms with Crippen LogP contribution in [-0.4, -0.2) is 34.1 Å². The molecule has 1 aliphatic heterocycles. The Kier molecular flexibility index (Phi) is 2.50. The van der Waals surface area contributed by atoms with Gasteiger partial charge in [0.2, 0.25) is 5.91 Å². The van der Waals surface area contributed by atoms with Crippen LogP contribution in [0.1, 0.15) is 12.8 Å². The van der Waals surface area contributed by atoms with Gasteiger partial charge in [0.25, 0.3) is 0 Å². The van der Waals surface area contributed by atoms with Crippen LogP contribution in [0.2, 0.25) is 0 Å². The molecule has 0 unspecified atom stereocenters. The van der Waals surface area contributed by atoms with E-state index in [1.165, 1.54) is 0 Å². The third kappa shape index (κ3) is 1.95. The molecule has 6 nitrogen and oxygen atoms in total. The second-order valence-electron chi connectivity index (χ2n) is 2.87. The standard InChI is InChI=1S/C7H9NO5/c9-4-2-1-3(6(10)11)5(8-4)7(12)13/h3,5H,1-2H2,(H,8,9)(H,10,11)(H,12,13)/t3-,5-/m0/s1. The molecule has 1 aliphatic rings. The minimum atomic E-state index is -1.31. The molecule has 6 heteroatoms. The summed E-state index contributed by atoms with van der Waals surface area (Å²) in [5.41, 5.74) is 0. The van der Waals surface area contributed by atoms with Crippen molar-refractivity contribution in [2.45, 2.75) is 18.9 Å². The predicted molar refractivity (Wildman–Crippen MR) is 39.9 cm³/mol. The quantitative estimate of drug-likeness (QED) is 0.517. The van der Waals surface area contributed by atoms with Crippen LogP contribution in [0, 0.1) is 5.92 Å². The van der Waals surface area contributed by atoms with E-state index >= 15 is 0 Å². The predicted octanol–water partition coefficient (Wildman–Crippen LogP) is -0.950. The molecule has 0 aliphatic carbocycles. The fourth-order valence-corrected chi connectivity index (χ4v) is 1.30. The molecule has 1 rings (SSSR count). The van der Waals surface area contributed by atoms with Gasteiger partial charge in [0.15, 0.2) is 0 Å². The summed E-state index contributed by atoms with van der Waals surface area (Å²) in [6.07, 6.45) is 0.152. The van der Waals surface area contributed by atoms with Crippen molar-refractivity contribution in [1.29, 1.82) is 0 Å². The van der Waals surface area contributed by atoms with Gasteiger partial charge in [-0.15, -0.1) is 0 Å². The van der Waals surface area contributed by atoms with Gasteiger partial charge < -0.3 is 15.5 Å². The van der Waals surface area contributed by atoms with Crippen LogP contribution in [0.25, 0.3) is 0 Å². The zero-order valence-electron chi connectivity index (χ0n) is 6.69. The highest BCUT2D eigenvalue weighted by molar-refractivity contribution is 5.90. The average molecular weight is 187 g/mol. The van der Waals surface area contributed by atoms with Crippen molar-refractivity contribution >= 4 is 17.8 Å². The second kappa shape index (κ2) is 3.42. The van der Waals surface area contributed by atoms with Gasteiger partial charge in [-0.2, -0.15) is 0 Å². The van der Waals surface area contributed by atoms with Gasteiger partial charge in [-0.3, -0.25) is 9.59 Å². The summed E-state index contributed by atoms with van der Waals surface area (Å²) in [4.78, 5) is 31.9. The summed E-state index contributed by atoms with van der Waals surface area (Å²) in [6.45, 7) is 0. The molecule has 2 atom stereocenters. The molecule has 0 aromatic heterocycles. The average Bonchev–Trinajstić information content (AvgIpc) is 2.03. The molecule has 13 heavy (non-hydrogen) atoms. The van der Waals surface area contributed by atoms with Crippen molar-refractivity contribution in [3.63, 3.8) is 0 Å². The Labute approximate surface area is 73.5 Å². The Hall–Kier alpha value is -1.59. The number of hydrogen-bond acceptors (Lipinski definition) is 3. The monoisotopic (exact) mass is 187 g/mol. The number of nitrogens with one attached hydrogen (secondary N) is 1. The van der Waals surface area contributed by atoms with Crippen molar-refractivity contribution in [3.8, 4) is 0 Å². The Balaban J connectivity index is 2.77. The molecule has 1 heterocycles. The highest BCUT2D eigenvalue weighted by atomic mass is 16.4. The number of aliphatic carboxylic acids is 2. The summed E-state index contributed by atoms with van der Waals surface area (Å²) < 4.78 is 0. The highest BCUT2D eigenvalue weighted by Crippen LogP contribution is 2.17. The number of carboxylic acid groups (broad SMARTS) is 2. The van der Waals surface area contributed by atoms with Gasteiger partial charge in [0.1, 0.15) is 6.04 Å². The third-order valence-electron chi connectivity index (χ3n) is 1.98. The van der Waals surface area contributed by atoms with Crippen molar-refractivity contribution in [2.24, 2.45) is 5.92 Å². The van der Waals surface area contributed by atoms with E-state index in [4.69, 9.17) is 10.2 Å². The molecule has 1 fully saturated rings. The number of carboxylic acids is 2. The second-order valence-corrected chi connectivity index (χ2v) is 2.87. The number of rotatable bonds is 2. The first-order chi connectivity index (χ1) is 6.02. The van der Waals surface area contributed by atoms with E-state index in [1.807, 2.05) is 0 Å². The van der Waals surface area contributed by atoms with Crippen LogP contribution in [0.5, 0.6) is 0 Å². The van der Waals surface area contributed by atoms with Gasteiger partial charge in [0, 0.05) is 6.42 Å². The zero-order chi connectivity index (χ0) is 10.0. The molecule has 0 saturated carbocycles. The molecular formula is C7H9NO5. The summed E-state index contributed by atoms with van der Waals surface area (Å²) in [7, 11) is 0. The van der Waals surface area contributed by atoms with Gasteiger partial charge in [-0.05, 0) is 6.42 Å². The minimum absolute atomic E-state index is 0.0702. The molecule has 0 aromatic carbocycles. The molecule has 72 valence electrons. The summed E-state index contributed by atoms with van der Waals surface area (Å²) in [5, 5.41) is 19.4. The normalized spacial score (nSPS) is 27.8. The highest BCUT2D eigenvalue weighted by Gasteiger charge is 2.38. The molecule has 3 N–H and O–H groups in total. The topological polar surface area (TPSA) is 104 Å². The van der Waals surface area contributed by atoms with E-state index in [-0.39, 0.29) is 12.8 Å². The summed E-state index contributed by atoms with van der Waals surface area (Å²) in [6, 6.07) is -1.29. The zero-order valence-corrected chi connectivity index (χ0v) is 6.69. The van der Waals surface area contributed by atoms with Crippen LogP contribution >= 0.6 is 0 Å². The van der Waals surface area contributed by atoms with Crippen LogP contribution in [0.3, 0.4) is 0 Å².